The third kappa shape index (κ3) is 7.00. The van der Waals surface area contributed by atoms with Crippen molar-refractivity contribution in [2.45, 2.75) is 57.0 Å². The van der Waals surface area contributed by atoms with Crippen LogP contribution >= 0.6 is 0 Å². The van der Waals surface area contributed by atoms with Crippen LogP contribution in [-0.4, -0.2) is 42.3 Å². The van der Waals surface area contributed by atoms with Crippen LogP contribution in [0.4, 0.5) is 8.78 Å². The Bertz CT molecular complexity index is 870. The molecule has 2 aliphatic rings. The second-order valence-electron chi connectivity index (χ2n) is 8.55. The Morgan fingerprint density at radius 1 is 1.03 bits per heavy atom. The van der Waals surface area contributed by atoms with E-state index in [4.69, 9.17) is 5.73 Å². The van der Waals surface area contributed by atoms with Crippen LogP contribution in [-0.2, 0) is 25.6 Å². The van der Waals surface area contributed by atoms with Crippen molar-refractivity contribution in [1.82, 2.24) is 16.0 Å². The van der Waals surface area contributed by atoms with Crippen molar-refractivity contribution in [2.24, 2.45) is 17.6 Å². The molecule has 4 amide bonds. The maximum Gasteiger partial charge on any atom is 0.243 e. The maximum absolute atomic E-state index is 13.3. The summed E-state index contributed by atoms with van der Waals surface area (Å²) in [4.78, 5) is 48.9. The highest BCUT2D eigenvalue weighted by Gasteiger charge is 2.34. The van der Waals surface area contributed by atoms with Crippen LogP contribution in [0.2, 0.25) is 0 Å². The van der Waals surface area contributed by atoms with E-state index < -0.39 is 47.4 Å². The fraction of sp³-hybridized carbons (Fsp3) is 0.545. The minimum atomic E-state index is -1.02. The molecule has 1 unspecified atom stereocenters. The second-order valence-corrected chi connectivity index (χ2v) is 8.55. The highest BCUT2D eigenvalue weighted by molar-refractivity contribution is 5.92. The van der Waals surface area contributed by atoms with Crippen molar-refractivity contribution in [3.8, 4) is 0 Å². The number of nitrogens with two attached hydrogens (primary N) is 1. The molecule has 0 bridgehead atoms. The predicted octanol–water partition coefficient (Wildman–Crippen LogP) is 0.679. The number of hydrogen-bond donors (Lipinski definition) is 4. The van der Waals surface area contributed by atoms with Crippen molar-refractivity contribution in [3.05, 3.63) is 35.4 Å². The second kappa shape index (κ2) is 10.5. The van der Waals surface area contributed by atoms with E-state index in [1.54, 1.807) is 0 Å². The Balaban J connectivity index is 1.57. The molecule has 1 aromatic rings. The van der Waals surface area contributed by atoms with Gasteiger partial charge in [0, 0.05) is 24.9 Å². The molecule has 0 aromatic heterocycles. The van der Waals surface area contributed by atoms with Crippen LogP contribution in [0.3, 0.4) is 0 Å². The van der Waals surface area contributed by atoms with E-state index in [1.807, 2.05) is 0 Å². The molecule has 2 fully saturated rings. The van der Waals surface area contributed by atoms with Crippen molar-refractivity contribution >= 4 is 23.6 Å². The summed E-state index contributed by atoms with van der Waals surface area (Å²) in [6, 6.07) is 1.18. The summed E-state index contributed by atoms with van der Waals surface area (Å²) in [5.74, 6) is -3.46. The fourth-order valence-corrected chi connectivity index (χ4v) is 3.87. The van der Waals surface area contributed by atoms with Crippen molar-refractivity contribution in [1.29, 1.82) is 0 Å². The van der Waals surface area contributed by atoms with Crippen molar-refractivity contribution < 1.29 is 28.0 Å². The summed E-state index contributed by atoms with van der Waals surface area (Å²) in [6.45, 7) is 0.512. The van der Waals surface area contributed by atoms with Crippen LogP contribution in [0.1, 0.15) is 44.1 Å². The first-order valence-corrected chi connectivity index (χ1v) is 10.8. The number of halogens is 2. The standard InChI is InChI=1S/C22H28F2N4O4/c23-15-7-13(8-16(24)11-15)3-4-19(29)27-18(9-12-1-2-12)22(32)28-17(20(25)30)10-14-5-6-26-21(14)31/h7-8,11-12,14,17-18H,1-6,9-10H2,(H2,25,30)(H,26,31)(H,27,29)(H,28,32)/t14-,17-,18?/m0/s1. The summed E-state index contributed by atoms with van der Waals surface area (Å²) in [5, 5.41) is 7.93. The number of carbonyl (C=O) groups excluding carboxylic acids is 4. The number of rotatable bonds is 11. The molecule has 32 heavy (non-hydrogen) atoms. The summed E-state index contributed by atoms with van der Waals surface area (Å²) in [7, 11) is 0. The topological polar surface area (TPSA) is 130 Å². The molecule has 8 nitrogen and oxygen atoms in total. The first-order chi connectivity index (χ1) is 15.2. The molecule has 1 aliphatic carbocycles. The van der Waals surface area contributed by atoms with Crippen LogP contribution in [0.25, 0.3) is 0 Å². The van der Waals surface area contributed by atoms with Gasteiger partial charge in [-0.25, -0.2) is 8.78 Å². The number of amides is 4. The number of carbonyl (C=O) groups is 4. The normalized spacial score (nSPS) is 19.7. The van der Waals surface area contributed by atoms with Gasteiger partial charge in [-0.3, -0.25) is 19.2 Å². The van der Waals surface area contributed by atoms with Gasteiger partial charge in [0.25, 0.3) is 0 Å². The quantitative estimate of drug-likeness (QED) is 0.395. The Labute approximate surface area is 184 Å². The summed E-state index contributed by atoms with van der Waals surface area (Å²) >= 11 is 0. The number of benzene rings is 1. The Kier molecular flexibility index (Phi) is 7.76. The average molecular weight is 450 g/mol. The minimum Gasteiger partial charge on any atom is -0.368 e. The highest BCUT2D eigenvalue weighted by atomic mass is 19.1. The van der Waals surface area contributed by atoms with Gasteiger partial charge >= 0.3 is 0 Å². The Morgan fingerprint density at radius 2 is 1.72 bits per heavy atom. The number of nitrogens with one attached hydrogen (secondary N) is 3. The first kappa shape index (κ1) is 23.6. The van der Waals surface area contributed by atoms with Gasteiger partial charge in [-0.05, 0) is 49.3 Å². The lowest BCUT2D eigenvalue weighted by molar-refractivity contribution is -0.132. The highest BCUT2D eigenvalue weighted by Crippen LogP contribution is 2.33. The van der Waals surface area contributed by atoms with Crippen molar-refractivity contribution in [3.63, 3.8) is 0 Å². The third-order valence-corrected chi connectivity index (χ3v) is 5.82. The van der Waals surface area contributed by atoms with E-state index in [0.717, 1.165) is 31.0 Å². The third-order valence-electron chi connectivity index (χ3n) is 5.82. The van der Waals surface area contributed by atoms with Crippen LogP contribution < -0.4 is 21.7 Å². The molecule has 1 aromatic carbocycles. The molecule has 0 radical (unpaired) electrons. The van der Waals surface area contributed by atoms with E-state index >= 15 is 0 Å². The summed E-state index contributed by atoms with van der Waals surface area (Å²) in [5.41, 5.74) is 5.76. The van der Waals surface area contributed by atoms with E-state index in [0.29, 0.717) is 30.9 Å². The van der Waals surface area contributed by atoms with Gasteiger partial charge in [0.05, 0.1) is 0 Å². The predicted molar refractivity (Wildman–Crippen MR) is 111 cm³/mol. The van der Waals surface area contributed by atoms with Gasteiger partial charge in [-0.2, -0.15) is 0 Å². The molecular weight excluding hydrogens is 422 g/mol. The SMILES string of the molecule is NC(=O)[C@H](C[C@@H]1CCNC1=O)NC(=O)C(CC1CC1)NC(=O)CCc1cc(F)cc(F)c1. The molecule has 1 aliphatic heterocycles. The van der Waals surface area contributed by atoms with Gasteiger partial charge in [0.2, 0.25) is 23.6 Å². The minimum absolute atomic E-state index is 0.0567. The first-order valence-electron chi connectivity index (χ1n) is 10.8. The molecule has 10 heteroatoms. The van der Waals surface area contributed by atoms with Crippen LogP contribution in [0, 0.1) is 23.5 Å². The lowest BCUT2D eigenvalue weighted by Crippen LogP contribution is -2.53. The number of primary amides is 1. The zero-order valence-corrected chi connectivity index (χ0v) is 17.7. The molecule has 1 saturated heterocycles. The molecule has 3 atom stereocenters. The smallest absolute Gasteiger partial charge is 0.243 e. The zero-order valence-electron chi connectivity index (χ0n) is 17.7. The Hall–Kier alpha value is -3.04. The van der Waals surface area contributed by atoms with E-state index in [2.05, 4.69) is 16.0 Å². The van der Waals surface area contributed by atoms with E-state index in [1.165, 1.54) is 0 Å². The zero-order chi connectivity index (χ0) is 23.3. The summed E-state index contributed by atoms with van der Waals surface area (Å²) in [6.07, 6.45) is 3.02. The van der Waals surface area contributed by atoms with Gasteiger partial charge in [-0.1, -0.05) is 12.8 Å². The van der Waals surface area contributed by atoms with E-state index in [9.17, 15) is 28.0 Å². The monoisotopic (exact) mass is 450 g/mol. The number of hydrogen-bond acceptors (Lipinski definition) is 4. The summed E-state index contributed by atoms with van der Waals surface area (Å²) < 4.78 is 26.6. The molecule has 5 N–H and O–H groups in total. The van der Waals surface area contributed by atoms with Crippen molar-refractivity contribution in [2.75, 3.05) is 6.54 Å². The Morgan fingerprint density at radius 3 is 2.28 bits per heavy atom. The largest absolute Gasteiger partial charge is 0.368 e. The fourth-order valence-electron chi connectivity index (χ4n) is 3.87. The van der Waals surface area contributed by atoms with Gasteiger partial charge in [0.1, 0.15) is 23.7 Å². The molecular formula is C22H28F2N4O4. The molecule has 3 rings (SSSR count). The average Bonchev–Trinajstić information content (AvgIpc) is 3.44. The number of aryl methyl sites for hydroxylation is 1. The lowest BCUT2D eigenvalue weighted by Gasteiger charge is -2.23. The molecule has 1 heterocycles. The van der Waals surface area contributed by atoms with E-state index in [-0.39, 0.29) is 25.2 Å². The molecule has 1 saturated carbocycles. The van der Waals surface area contributed by atoms with Gasteiger partial charge in [-0.15, -0.1) is 0 Å². The van der Waals surface area contributed by atoms with Gasteiger partial charge in [0.15, 0.2) is 0 Å². The lowest BCUT2D eigenvalue weighted by atomic mass is 9.97. The van der Waals surface area contributed by atoms with Gasteiger partial charge < -0.3 is 21.7 Å². The van der Waals surface area contributed by atoms with Crippen LogP contribution in [0.15, 0.2) is 18.2 Å². The molecule has 174 valence electrons. The maximum atomic E-state index is 13.3. The van der Waals surface area contributed by atoms with Crippen LogP contribution in [0.5, 0.6) is 0 Å². The molecule has 0 spiro atoms.